The summed E-state index contributed by atoms with van der Waals surface area (Å²) in [6, 6.07) is 5.79. The van der Waals surface area contributed by atoms with E-state index >= 15 is 0 Å². The van der Waals surface area contributed by atoms with Crippen LogP contribution in [0.4, 0.5) is 0 Å². The van der Waals surface area contributed by atoms with Crippen molar-refractivity contribution in [2.45, 2.75) is 12.5 Å². The molecule has 0 bridgehead atoms. The van der Waals surface area contributed by atoms with Gasteiger partial charge in [0.2, 0.25) is 6.79 Å². The zero-order valence-electron chi connectivity index (χ0n) is 12.0. The van der Waals surface area contributed by atoms with Crippen LogP contribution < -0.4 is 9.47 Å². The van der Waals surface area contributed by atoms with Crippen LogP contribution in [0.1, 0.15) is 18.0 Å². The highest BCUT2D eigenvalue weighted by atomic mass is 16.7. The number of rotatable bonds is 4. The average Bonchev–Trinajstić information content (AvgIpc) is 3.00. The zero-order chi connectivity index (χ0) is 14.7. The van der Waals surface area contributed by atoms with E-state index in [4.69, 9.17) is 18.9 Å². The molecule has 21 heavy (non-hydrogen) atoms. The Bertz CT molecular complexity index is 513. The van der Waals surface area contributed by atoms with Gasteiger partial charge in [-0.25, -0.2) is 0 Å². The lowest BCUT2D eigenvalue weighted by molar-refractivity contribution is -0.142. The van der Waals surface area contributed by atoms with Crippen LogP contribution in [0, 0.1) is 0 Å². The van der Waals surface area contributed by atoms with E-state index in [0.717, 1.165) is 30.2 Å². The van der Waals surface area contributed by atoms with E-state index in [1.165, 1.54) is 7.11 Å². The van der Waals surface area contributed by atoms with Crippen molar-refractivity contribution in [2.24, 2.45) is 0 Å². The maximum absolute atomic E-state index is 11.7. The maximum Gasteiger partial charge on any atom is 0.307 e. The molecule has 1 saturated heterocycles. The molecule has 6 heteroatoms. The van der Waals surface area contributed by atoms with Crippen molar-refractivity contribution in [3.8, 4) is 11.5 Å². The lowest BCUT2D eigenvalue weighted by Gasteiger charge is -2.34. The number of methoxy groups -OCH3 is 1. The third kappa shape index (κ3) is 3.11. The molecule has 0 aromatic heterocycles. The van der Waals surface area contributed by atoms with E-state index in [-0.39, 0.29) is 18.8 Å². The van der Waals surface area contributed by atoms with Gasteiger partial charge >= 0.3 is 5.97 Å². The van der Waals surface area contributed by atoms with Gasteiger partial charge in [-0.15, -0.1) is 0 Å². The summed E-state index contributed by atoms with van der Waals surface area (Å²) in [7, 11) is 1.42. The predicted molar refractivity (Wildman–Crippen MR) is 74.3 cm³/mol. The number of benzene rings is 1. The minimum absolute atomic E-state index is 0.0316. The van der Waals surface area contributed by atoms with E-state index < -0.39 is 0 Å². The predicted octanol–water partition coefficient (Wildman–Crippen LogP) is 1.35. The number of nitrogens with zero attached hydrogens (tertiary/aromatic N) is 1. The molecule has 0 saturated carbocycles. The largest absolute Gasteiger partial charge is 0.469 e. The van der Waals surface area contributed by atoms with Crippen molar-refractivity contribution >= 4 is 5.97 Å². The van der Waals surface area contributed by atoms with Crippen LogP contribution in [-0.4, -0.2) is 51.1 Å². The first-order valence-corrected chi connectivity index (χ1v) is 7.06. The van der Waals surface area contributed by atoms with Gasteiger partial charge in [0.05, 0.1) is 26.7 Å². The molecule has 0 radical (unpaired) electrons. The average molecular weight is 293 g/mol. The number of carbonyl (C=O) groups is 1. The molecule has 0 amide bonds. The summed E-state index contributed by atoms with van der Waals surface area (Å²) in [6.45, 7) is 3.22. The van der Waals surface area contributed by atoms with Crippen molar-refractivity contribution < 1.29 is 23.7 Å². The topological polar surface area (TPSA) is 57.2 Å². The standard InChI is InChI=1S/C15H19NO5/c1-18-15(17)9-12(16-4-6-19-7-5-16)11-2-3-13-14(8-11)21-10-20-13/h2-3,8,12H,4-7,9-10H2,1H3/t12-/m0/s1. The smallest absolute Gasteiger partial charge is 0.307 e. The number of hydrogen-bond acceptors (Lipinski definition) is 6. The molecule has 1 fully saturated rings. The van der Waals surface area contributed by atoms with Gasteiger partial charge < -0.3 is 18.9 Å². The highest BCUT2D eigenvalue weighted by Crippen LogP contribution is 2.36. The van der Waals surface area contributed by atoms with Gasteiger partial charge in [0.15, 0.2) is 11.5 Å². The lowest BCUT2D eigenvalue weighted by atomic mass is 10.0. The quantitative estimate of drug-likeness (QED) is 0.781. The van der Waals surface area contributed by atoms with Crippen molar-refractivity contribution in [2.75, 3.05) is 40.2 Å². The summed E-state index contributed by atoms with van der Waals surface area (Å²) in [5, 5.41) is 0. The van der Waals surface area contributed by atoms with E-state index in [9.17, 15) is 4.79 Å². The summed E-state index contributed by atoms with van der Waals surface area (Å²) < 4.78 is 21.0. The monoisotopic (exact) mass is 293 g/mol. The van der Waals surface area contributed by atoms with Crippen LogP contribution in [0.5, 0.6) is 11.5 Å². The van der Waals surface area contributed by atoms with E-state index in [2.05, 4.69) is 4.90 Å². The molecule has 1 aromatic carbocycles. The zero-order valence-corrected chi connectivity index (χ0v) is 12.0. The fourth-order valence-electron chi connectivity index (χ4n) is 2.71. The molecular weight excluding hydrogens is 274 g/mol. The summed E-state index contributed by atoms with van der Waals surface area (Å²) in [6.07, 6.45) is 0.316. The first kappa shape index (κ1) is 14.2. The van der Waals surface area contributed by atoms with Crippen molar-refractivity contribution in [3.63, 3.8) is 0 Å². The fraction of sp³-hybridized carbons (Fsp3) is 0.533. The van der Waals surface area contributed by atoms with Crippen LogP contribution in [0.3, 0.4) is 0 Å². The molecule has 1 atom stereocenters. The van der Waals surface area contributed by atoms with E-state index in [1.54, 1.807) is 0 Å². The second-order valence-electron chi connectivity index (χ2n) is 5.06. The third-order valence-electron chi connectivity index (χ3n) is 3.86. The minimum Gasteiger partial charge on any atom is -0.469 e. The number of hydrogen-bond donors (Lipinski definition) is 0. The van der Waals surface area contributed by atoms with E-state index in [1.807, 2.05) is 18.2 Å². The molecule has 0 spiro atoms. The molecule has 114 valence electrons. The molecule has 1 aromatic rings. The van der Waals surface area contributed by atoms with Gasteiger partial charge in [-0.1, -0.05) is 6.07 Å². The lowest BCUT2D eigenvalue weighted by Crippen LogP contribution is -2.40. The normalized spacial score (nSPS) is 19.3. The van der Waals surface area contributed by atoms with Gasteiger partial charge in [0.1, 0.15) is 0 Å². The highest BCUT2D eigenvalue weighted by molar-refractivity contribution is 5.70. The summed E-state index contributed by atoms with van der Waals surface area (Å²) in [4.78, 5) is 14.0. The summed E-state index contributed by atoms with van der Waals surface area (Å²) in [5.74, 6) is 1.26. The molecule has 3 rings (SSSR count). The number of fused-ring (bicyclic) bond motifs is 1. The summed E-state index contributed by atoms with van der Waals surface area (Å²) >= 11 is 0. The number of ether oxygens (including phenoxy) is 4. The number of esters is 1. The second-order valence-corrected chi connectivity index (χ2v) is 5.06. The minimum atomic E-state index is -0.218. The Hall–Kier alpha value is -1.79. The van der Waals surface area contributed by atoms with Crippen LogP contribution in [0.15, 0.2) is 18.2 Å². The molecule has 0 aliphatic carbocycles. The first-order chi connectivity index (χ1) is 10.3. The fourth-order valence-corrected chi connectivity index (χ4v) is 2.71. The third-order valence-corrected chi connectivity index (χ3v) is 3.86. The van der Waals surface area contributed by atoms with Gasteiger partial charge in [-0.3, -0.25) is 9.69 Å². The number of carbonyl (C=O) groups excluding carboxylic acids is 1. The van der Waals surface area contributed by atoms with Crippen LogP contribution in [0.2, 0.25) is 0 Å². The van der Waals surface area contributed by atoms with Crippen LogP contribution in [0.25, 0.3) is 0 Å². The maximum atomic E-state index is 11.7. The van der Waals surface area contributed by atoms with Crippen molar-refractivity contribution in [1.82, 2.24) is 4.90 Å². The van der Waals surface area contributed by atoms with Crippen LogP contribution >= 0.6 is 0 Å². The number of morpholine rings is 1. The molecular formula is C15H19NO5. The second kappa shape index (κ2) is 6.32. The Kier molecular flexibility index (Phi) is 4.26. The van der Waals surface area contributed by atoms with Crippen LogP contribution in [-0.2, 0) is 14.3 Å². The molecule has 2 aliphatic rings. The molecule has 0 N–H and O–H groups in total. The van der Waals surface area contributed by atoms with E-state index in [0.29, 0.717) is 19.6 Å². The van der Waals surface area contributed by atoms with Crippen molar-refractivity contribution in [1.29, 1.82) is 0 Å². The Morgan fingerprint density at radius 3 is 2.81 bits per heavy atom. The first-order valence-electron chi connectivity index (χ1n) is 7.06. The summed E-state index contributed by atoms with van der Waals surface area (Å²) in [5.41, 5.74) is 1.03. The Balaban J connectivity index is 1.84. The van der Waals surface area contributed by atoms with Crippen molar-refractivity contribution in [3.05, 3.63) is 23.8 Å². The molecule has 2 aliphatic heterocycles. The van der Waals surface area contributed by atoms with Gasteiger partial charge in [-0.05, 0) is 17.7 Å². The Labute approximate surface area is 123 Å². The molecule has 2 heterocycles. The Morgan fingerprint density at radius 1 is 1.29 bits per heavy atom. The molecule has 6 nitrogen and oxygen atoms in total. The van der Waals surface area contributed by atoms with Gasteiger partial charge in [0.25, 0.3) is 0 Å². The molecule has 0 unspecified atom stereocenters. The Morgan fingerprint density at radius 2 is 2.05 bits per heavy atom. The highest BCUT2D eigenvalue weighted by Gasteiger charge is 2.27. The van der Waals surface area contributed by atoms with Gasteiger partial charge in [-0.2, -0.15) is 0 Å². The SMILES string of the molecule is COC(=O)C[C@@H](c1ccc2c(c1)OCO2)N1CCOCC1. The van der Waals surface area contributed by atoms with Gasteiger partial charge in [0, 0.05) is 19.1 Å².